The van der Waals surface area contributed by atoms with E-state index in [0.29, 0.717) is 31.6 Å². The zero-order valence-corrected chi connectivity index (χ0v) is 34.0. The van der Waals surface area contributed by atoms with E-state index in [1.807, 2.05) is 65.7 Å². The van der Waals surface area contributed by atoms with Crippen molar-refractivity contribution in [2.24, 2.45) is 5.92 Å². The Morgan fingerprint density at radius 3 is 2.36 bits per heavy atom. The monoisotopic (exact) mass is 804 g/mol. The molecule has 3 heterocycles. The van der Waals surface area contributed by atoms with Gasteiger partial charge in [-0.1, -0.05) is 62.9 Å². The number of nitrogens with zero attached hydrogens (tertiary/aromatic N) is 3. The Morgan fingerprint density at radius 1 is 1.02 bits per heavy atom. The molecule has 0 bridgehead atoms. The van der Waals surface area contributed by atoms with Crippen LogP contribution in [-0.4, -0.2) is 124 Å². The molecule has 306 valence electrons. The summed E-state index contributed by atoms with van der Waals surface area (Å²) in [5.41, 5.74) is 0.0601. The molecule has 15 nitrogen and oxygen atoms in total. The summed E-state index contributed by atoms with van der Waals surface area (Å²) in [6.07, 6.45) is 3.85. The summed E-state index contributed by atoms with van der Waals surface area (Å²) in [4.78, 5) is 46.6. The molecule has 2 aromatic rings. The normalized spacial score (nSPS) is 22.6. The molecule has 3 fully saturated rings. The molecule has 1 saturated carbocycles. The number of likely N-dealkylation sites (tertiary alicyclic amines) is 1. The minimum atomic E-state index is -1.54. The molecule has 3 aliphatic rings. The van der Waals surface area contributed by atoms with Gasteiger partial charge < -0.3 is 36.0 Å². The number of hydrogen-bond acceptors (Lipinski definition) is 13. The van der Waals surface area contributed by atoms with Gasteiger partial charge in [-0.25, -0.2) is 9.78 Å². The van der Waals surface area contributed by atoms with Crippen molar-refractivity contribution >= 4 is 41.4 Å². The zero-order chi connectivity index (χ0) is 39.6. The van der Waals surface area contributed by atoms with E-state index < -0.39 is 60.3 Å². The van der Waals surface area contributed by atoms with Crippen molar-refractivity contribution in [2.75, 3.05) is 24.6 Å². The molecule has 1 aromatic heterocycles. The number of H-pyrrole nitrogens is 1. The maximum atomic E-state index is 14.4. The van der Waals surface area contributed by atoms with Gasteiger partial charge in [0.25, 0.3) is 0 Å². The molecule has 55 heavy (non-hydrogen) atoms. The number of rotatable bonds is 16. The lowest BCUT2D eigenvalue weighted by Crippen LogP contribution is -2.61. The van der Waals surface area contributed by atoms with E-state index in [0.717, 1.165) is 55.6 Å². The summed E-state index contributed by atoms with van der Waals surface area (Å²) in [5.74, 6) is 1.51. The van der Waals surface area contributed by atoms with Crippen LogP contribution in [0, 0.1) is 5.92 Å². The number of carbonyl (C=O) groups excluding carboxylic acids is 3. The van der Waals surface area contributed by atoms with Gasteiger partial charge >= 0.3 is 6.09 Å². The Balaban J connectivity index is 1.27. The third-order valence-electron chi connectivity index (χ3n) is 10.4. The maximum absolute atomic E-state index is 14.4. The van der Waals surface area contributed by atoms with Crippen LogP contribution in [0.4, 0.5) is 4.79 Å². The molecule has 0 radical (unpaired) electrons. The predicted octanol–water partition coefficient (Wildman–Crippen LogP) is 3.00. The fourth-order valence-electron chi connectivity index (χ4n) is 7.77. The minimum Gasteiger partial charge on any atom is -0.444 e. The summed E-state index contributed by atoms with van der Waals surface area (Å²) < 4.78 is 5.30. The lowest BCUT2D eigenvalue weighted by atomic mass is 9.83. The molecular weight excluding hydrogens is 745 g/mol. The number of alkyl carbamates (subject to hydrolysis) is 1. The van der Waals surface area contributed by atoms with E-state index in [4.69, 9.17) is 4.74 Å². The molecule has 1 spiro atoms. The predicted molar refractivity (Wildman–Crippen MR) is 213 cm³/mol. The molecule has 17 heteroatoms. The van der Waals surface area contributed by atoms with Gasteiger partial charge in [0.2, 0.25) is 11.8 Å². The van der Waals surface area contributed by atoms with Crippen LogP contribution in [-0.2, 0) is 14.3 Å². The topological polar surface area (TPSA) is 214 Å². The molecule has 3 amide bonds. The number of carbonyl (C=O) groups is 3. The van der Waals surface area contributed by atoms with Gasteiger partial charge in [-0.15, -0.1) is 23.5 Å². The molecule has 8 N–H and O–H groups in total. The van der Waals surface area contributed by atoms with Crippen LogP contribution >= 0.6 is 23.5 Å². The Bertz CT molecular complexity index is 1510. The first-order chi connectivity index (χ1) is 26.3. The van der Waals surface area contributed by atoms with Crippen LogP contribution in [0.2, 0.25) is 0 Å². The first kappa shape index (κ1) is 43.2. The van der Waals surface area contributed by atoms with Gasteiger partial charge in [-0.05, 0) is 75.9 Å². The summed E-state index contributed by atoms with van der Waals surface area (Å²) in [5, 5.41) is 52.9. The van der Waals surface area contributed by atoms with Gasteiger partial charge in [0.15, 0.2) is 5.82 Å². The van der Waals surface area contributed by atoms with Crippen molar-refractivity contribution in [3.05, 3.63) is 48.0 Å². The molecular formula is C38H60N8O7S2. The molecule has 2 saturated heterocycles. The number of benzene rings is 1. The number of hydrogen-bond donors (Lipinski definition) is 8. The van der Waals surface area contributed by atoms with Crippen LogP contribution in [0.3, 0.4) is 0 Å². The highest BCUT2D eigenvalue weighted by molar-refractivity contribution is 8.18. The highest BCUT2D eigenvalue weighted by Crippen LogP contribution is 2.51. The van der Waals surface area contributed by atoms with Crippen LogP contribution < -0.4 is 21.3 Å². The van der Waals surface area contributed by atoms with Crippen LogP contribution in [0.5, 0.6) is 0 Å². The second-order valence-electron chi connectivity index (χ2n) is 15.8. The van der Waals surface area contributed by atoms with E-state index >= 15 is 0 Å². The van der Waals surface area contributed by atoms with Crippen molar-refractivity contribution in [3.8, 4) is 0 Å². The van der Waals surface area contributed by atoms with E-state index in [-0.39, 0.29) is 22.4 Å². The van der Waals surface area contributed by atoms with Crippen LogP contribution in [0.25, 0.3) is 0 Å². The Kier molecular flexibility index (Phi) is 15.7. The Labute approximate surface area is 332 Å². The maximum Gasteiger partial charge on any atom is 0.408 e. The summed E-state index contributed by atoms with van der Waals surface area (Å²) in [7, 11) is 0. The molecule has 7 atom stereocenters. The molecule has 1 aliphatic carbocycles. The standard InChI is InChI=1S/C38H60N8O7S2/c1-5-13-26(31(48)34(50)39-21-28(47)43-29(32-40-23-41-45-32)24-14-8-6-9-15-24)42-33(49)27-20-38(54-18-12-19-55-38)22-46(27)35(51)30(25-16-10-7-11-17-25)44-36(52)53-37(2,3)4/h6,8-9,14-15,23,25-27,29-31,34-35,39,48,50-51H,5,7,10-13,16-22H2,1-4H3,(H,42,49)(H,43,47)(H,44,52)(H,40,41,45). The number of thioether (sulfide) groups is 2. The second-order valence-corrected chi connectivity index (χ2v) is 19.1. The quantitative estimate of drug-likeness (QED) is 0.115. The molecule has 5 rings (SSSR count). The number of ether oxygens (including phenoxy) is 1. The van der Waals surface area contributed by atoms with E-state index in [9.17, 15) is 29.7 Å². The average molecular weight is 805 g/mol. The van der Waals surface area contributed by atoms with Gasteiger partial charge in [0.1, 0.15) is 36.5 Å². The van der Waals surface area contributed by atoms with E-state index in [1.165, 1.54) is 6.33 Å². The highest BCUT2D eigenvalue weighted by atomic mass is 32.2. The lowest BCUT2D eigenvalue weighted by Gasteiger charge is -2.40. The summed E-state index contributed by atoms with van der Waals surface area (Å²) >= 11 is 3.61. The van der Waals surface area contributed by atoms with Gasteiger partial charge in [0, 0.05) is 6.54 Å². The van der Waals surface area contributed by atoms with Gasteiger partial charge in [-0.3, -0.25) is 24.9 Å². The molecule has 2 aliphatic heterocycles. The van der Waals surface area contributed by atoms with Gasteiger partial charge in [0.05, 0.1) is 28.7 Å². The van der Waals surface area contributed by atoms with Gasteiger partial charge in [-0.2, -0.15) is 5.10 Å². The third kappa shape index (κ3) is 12.0. The largest absolute Gasteiger partial charge is 0.444 e. The van der Waals surface area contributed by atoms with Crippen molar-refractivity contribution in [2.45, 2.75) is 138 Å². The zero-order valence-electron chi connectivity index (χ0n) is 32.4. The summed E-state index contributed by atoms with van der Waals surface area (Å²) in [6, 6.07) is 6.38. The van der Waals surface area contributed by atoms with E-state index in [2.05, 4.69) is 36.4 Å². The number of amides is 3. The fourth-order valence-corrected chi connectivity index (χ4v) is 11.1. The lowest BCUT2D eigenvalue weighted by molar-refractivity contribution is -0.134. The van der Waals surface area contributed by atoms with Crippen molar-refractivity contribution in [3.63, 3.8) is 0 Å². The Hall–Kier alpha value is -2.93. The third-order valence-corrected chi connectivity index (χ3v) is 13.8. The number of aliphatic hydroxyl groups excluding tert-OH is 3. The first-order valence-corrected chi connectivity index (χ1v) is 21.6. The van der Waals surface area contributed by atoms with Crippen molar-refractivity contribution < 1.29 is 34.4 Å². The number of aromatic nitrogens is 3. The minimum absolute atomic E-state index is 0.00926. The average Bonchev–Trinajstić information content (AvgIpc) is 3.84. The van der Waals surface area contributed by atoms with Crippen molar-refractivity contribution in [1.82, 2.24) is 41.3 Å². The molecule has 1 aromatic carbocycles. The van der Waals surface area contributed by atoms with Crippen molar-refractivity contribution in [1.29, 1.82) is 0 Å². The number of aromatic amines is 1. The van der Waals surface area contributed by atoms with Crippen LogP contribution in [0.15, 0.2) is 36.7 Å². The fraction of sp³-hybridized carbons (Fsp3) is 0.711. The number of aliphatic hydroxyl groups is 3. The van der Waals surface area contributed by atoms with Crippen LogP contribution in [0.1, 0.15) is 103 Å². The molecule has 7 unspecified atom stereocenters. The SMILES string of the molecule is CCCC(NC(=O)C1CC2(CN1C(O)C(NC(=O)OC(C)(C)C)C1CCCCC1)SCCCS2)C(O)C(O)NCC(=O)NC(c1ccccc1)c1ncn[nH]1. The first-order valence-electron chi connectivity index (χ1n) is 19.6. The number of nitrogens with one attached hydrogen (secondary N) is 5. The highest BCUT2D eigenvalue weighted by Gasteiger charge is 2.53. The smallest absolute Gasteiger partial charge is 0.408 e. The van der Waals surface area contributed by atoms with E-state index in [1.54, 1.807) is 20.8 Å². The second kappa shape index (κ2) is 20.0. The Morgan fingerprint density at radius 2 is 1.73 bits per heavy atom. The summed E-state index contributed by atoms with van der Waals surface area (Å²) in [6.45, 7) is 7.43.